The number of hydrogen-bond donors (Lipinski definition) is 2. The molecule has 0 saturated heterocycles. The van der Waals surface area contributed by atoms with Gasteiger partial charge < -0.3 is 10.4 Å². The van der Waals surface area contributed by atoms with Crippen molar-refractivity contribution in [2.75, 3.05) is 5.32 Å². The molecule has 1 rings (SSSR count). The number of thiazole rings is 1. The minimum absolute atomic E-state index is 0.0219. The second-order valence-corrected chi connectivity index (χ2v) is 6.11. The summed E-state index contributed by atoms with van der Waals surface area (Å²) >= 11 is 1.37. The number of amides is 1. The van der Waals surface area contributed by atoms with E-state index in [1.54, 1.807) is 13.8 Å². The second-order valence-electron chi connectivity index (χ2n) is 5.25. The Bertz CT molecular complexity index is 479. The van der Waals surface area contributed by atoms with Crippen molar-refractivity contribution in [1.82, 2.24) is 4.98 Å². The van der Waals surface area contributed by atoms with Crippen LogP contribution >= 0.6 is 11.3 Å². The predicted octanol–water partition coefficient (Wildman–Crippen LogP) is 3.49. The van der Waals surface area contributed by atoms with Gasteiger partial charge in [-0.1, -0.05) is 27.7 Å². The number of rotatable bonds is 7. The van der Waals surface area contributed by atoms with Gasteiger partial charge in [0.1, 0.15) is 0 Å². The zero-order valence-electron chi connectivity index (χ0n) is 12.4. The summed E-state index contributed by atoms with van der Waals surface area (Å²) in [6, 6.07) is 0. The summed E-state index contributed by atoms with van der Waals surface area (Å²) in [6.07, 6.45) is 0.842. The number of aromatic nitrogens is 1. The van der Waals surface area contributed by atoms with Crippen molar-refractivity contribution in [2.24, 2.45) is 5.41 Å². The third-order valence-electron chi connectivity index (χ3n) is 3.67. The molecule has 0 saturated carbocycles. The molecule has 0 aromatic carbocycles. The van der Waals surface area contributed by atoms with Crippen molar-refractivity contribution in [1.29, 1.82) is 0 Å². The molecule has 2 N–H and O–H groups in total. The molecule has 1 aromatic rings. The lowest BCUT2D eigenvalue weighted by molar-refractivity contribution is -0.151. The Labute approximate surface area is 123 Å². The molecule has 5 nitrogen and oxygen atoms in total. The third-order valence-corrected chi connectivity index (χ3v) is 4.44. The van der Waals surface area contributed by atoms with E-state index in [1.165, 1.54) is 11.3 Å². The van der Waals surface area contributed by atoms with Gasteiger partial charge in [0.2, 0.25) is 5.91 Å². The number of carbonyl (C=O) groups excluding carboxylic acids is 1. The van der Waals surface area contributed by atoms with E-state index in [-0.39, 0.29) is 12.3 Å². The first-order valence-corrected chi connectivity index (χ1v) is 7.71. The van der Waals surface area contributed by atoms with Gasteiger partial charge in [0.15, 0.2) is 5.13 Å². The Morgan fingerprint density at radius 2 is 2.00 bits per heavy atom. The number of nitrogens with one attached hydrogen (secondary N) is 1. The molecule has 1 amide bonds. The van der Waals surface area contributed by atoms with Crippen LogP contribution in [0.25, 0.3) is 0 Å². The fourth-order valence-electron chi connectivity index (χ4n) is 1.96. The van der Waals surface area contributed by atoms with Crippen LogP contribution in [0.5, 0.6) is 0 Å². The Hall–Kier alpha value is -1.43. The average molecular weight is 298 g/mol. The van der Waals surface area contributed by atoms with Gasteiger partial charge in [-0.15, -0.1) is 11.3 Å². The number of anilines is 1. The van der Waals surface area contributed by atoms with E-state index in [4.69, 9.17) is 0 Å². The molecule has 0 aliphatic carbocycles. The molecule has 6 heteroatoms. The monoisotopic (exact) mass is 298 g/mol. The van der Waals surface area contributed by atoms with Gasteiger partial charge in [-0.2, -0.15) is 0 Å². The molecule has 0 aliphatic heterocycles. The van der Waals surface area contributed by atoms with Crippen LogP contribution in [-0.4, -0.2) is 22.0 Å². The maximum atomic E-state index is 12.0. The molecule has 1 heterocycles. The van der Waals surface area contributed by atoms with Gasteiger partial charge in [0.25, 0.3) is 0 Å². The Balaban J connectivity index is 2.73. The standard InChI is InChI=1S/C14H22N2O3S/c1-5-14(6-2,12(18)19)7-11(17)16-13-15-10(8-20-13)9(3)4/h8-9H,5-7H2,1-4H3,(H,18,19)(H,15,16,17). The lowest BCUT2D eigenvalue weighted by atomic mass is 9.79. The Morgan fingerprint density at radius 3 is 2.40 bits per heavy atom. The van der Waals surface area contributed by atoms with E-state index in [0.29, 0.717) is 23.9 Å². The lowest BCUT2D eigenvalue weighted by Gasteiger charge is -2.25. The molecule has 112 valence electrons. The van der Waals surface area contributed by atoms with Crippen LogP contribution in [-0.2, 0) is 9.59 Å². The van der Waals surface area contributed by atoms with E-state index in [1.807, 2.05) is 19.2 Å². The first-order valence-electron chi connectivity index (χ1n) is 6.83. The quantitative estimate of drug-likeness (QED) is 0.807. The first-order chi connectivity index (χ1) is 9.34. The second kappa shape index (κ2) is 6.83. The zero-order valence-corrected chi connectivity index (χ0v) is 13.2. The summed E-state index contributed by atoms with van der Waals surface area (Å²) in [5.74, 6) is -0.901. The molecule has 0 unspecified atom stereocenters. The number of aliphatic carboxylic acids is 1. The van der Waals surface area contributed by atoms with Crippen LogP contribution in [0.1, 0.15) is 58.6 Å². The van der Waals surface area contributed by atoms with E-state index >= 15 is 0 Å². The van der Waals surface area contributed by atoms with Gasteiger partial charge in [0, 0.05) is 11.8 Å². The molecule has 20 heavy (non-hydrogen) atoms. The first kappa shape index (κ1) is 16.6. The fourth-order valence-corrected chi connectivity index (χ4v) is 2.85. The topological polar surface area (TPSA) is 79.3 Å². The Morgan fingerprint density at radius 1 is 1.40 bits per heavy atom. The molecular weight excluding hydrogens is 276 g/mol. The summed E-state index contributed by atoms with van der Waals surface area (Å²) in [6.45, 7) is 7.66. The number of carboxylic acid groups (broad SMARTS) is 1. The van der Waals surface area contributed by atoms with Gasteiger partial charge >= 0.3 is 5.97 Å². The average Bonchev–Trinajstić information content (AvgIpc) is 2.84. The highest BCUT2D eigenvalue weighted by Crippen LogP contribution is 2.31. The van der Waals surface area contributed by atoms with Crippen LogP contribution in [0.3, 0.4) is 0 Å². The highest BCUT2D eigenvalue weighted by Gasteiger charge is 2.37. The highest BCUT2D eigenvalue weighted by molar-refractivity contribution is 7.13. The Kier molecular flexibility index (Phi) is 5.68. The van der Waals surface area contributed by atoms with Gasteiger partial charge in [-0.3, -0.25) is 9.59 Å². The number of hydrogen-bond acceptors (Lipinski definition) is 4. The van der Waals surface area contributed by atoms with Crippen LogP contribution < -0.4 is 5.32 Å². The number of nitrogens with zero attached hydrogens (tertiary/aromatic N) is 1. The van der Waals surface area contributed by atoms with E-state index in [0.717, 1.165) is 5.69 Å². The zero-order chi connectivity index (χ0) is 15.3. The maximum Gasteiger partial charge on any atom is 0.310 e. The van der Waals surface area contributed by atoms with Crippen LogP contribution in [0, 0.1) is 5.41 Å². The van der Waals surface area contributed by atoms with Crippen molar-refractivity contribution in [3.05, 3.63) is 11.1 Å². The fraction of sp³-hybridized carbons (Fsp3) is 0.643. The van der Waals surface area contributed by atoms with Crippen molar-refractivity contribution in [3.63, 3.8) is 0 Å². The normalized spacial score (nSPS) is 11.7. The molecule has 1 aromatic heterocycles. The summed E-state index contributed by atoms with van der Waals surface area (Å²) in [4.78, 5) is 27.7. The summed E-state index contributed by atoms with van der Waals surface area (Å²) in [7, 11) is 0. The largest absolute Gasteiger partial charge is 0.481 e. The van der Waals surface area contributed by atoms with Crippen LogP contribution in [0.4, 0.5) is 5.13 Å². The van der Waals surface area contributed by atoms with Crippen molar-refractivity contribution >= 4 is 28.3 Å². The molecule has 0 spiro atoms. The molecule has 0 fully saturated rings. The van der Waals surface area contributed by atoms with Gasteiger partial charge in [-0.25, -0.2) is 4.98 Å². The highest BCUT2D eigenvalue weighted by atomic mass is 32.1. The van der Waals surface area contributed by atoms with Crippen LogP contribution in [0.15, 0.2) is 5.38 Å². The minimum Gasteiger partial charge on any atom is -0.481 e. The molecule has 0 atom stereocenters. The number of carbonyl (C=O) groups is 2. The van der Waals surface area contributed by atoms with E-state index < -0.39 is 11.4 Å². The summed E-state index contributed by atoms with van der Waals surface area (Å²) in [5.41, 5.74) is -0.0526. The van der Waals surface area contributed by atoms with Crippen LogP contribution in [0.2, 0.25) is 0 Å². The lowest BCUT2D eigenvalue weighted by Crippen LogP contribution is -2.34. The molecule has 0 bridgehead atoms. The van der Waals surface area contributed by atoms with Crippen molar-refractivity contribution in [3.8, 4) is 0 Å². The van der Waals surface area contributed by atoms with E-state index in [2.05, 4.69) is 10.3 Å². The summed E-state index contributed by atoms with van der Waals surface area (Å²) < 4.78 is 0. The van der Waals surface area contributed by atoms with Gasteiger partial charge in [-0.05, 0) is 18.8 Å². The molecule has 0 aliphatic rings. The van der Waals surface area contributed by atoms with Crippen molar-refractivity contribution in [2.45, 2.75) is 52.9 Å². The molecule has 0 radical (unpaired) electrons. The van der Waals surface area contributed by atoms with E-state index in [9.17, 15) is 14.7 Å². The SMILES string of the molecule is CCC(CC)(CC(=O)Nc1nc(C(C)C)cs1)C(=O)O. The third kappa shape index (κ3) is 3.79. The maximum absolute atomic E-state index is 12.0. The number of carboxylic acids is 1. The molecular formula is C14H22N2O3S. The minimum atomic E-state index is -0.984. The van der Waals surface area contributed by atoms with Gasteiger partial charge in [0.05, 0.1) is 11.1 Å². The smallest absolute Gasteiger partial charge is 0.310 e. The predicted molar refractivity (Wildman–Crippen MR) is 80.1 cm³/mol. The van der Waals surface area contributed by atoms with Crippen molar-refractivity contribution < 1.29 is 14.7 Å². The summed E-state index contributed by atoms with van der Waals surface area (Å²) in [5, 5.41) is 14.5.